The molecule has 192 valence electrons. The van der Waals surface area contributed by atoms with Gasteiger partial charge in [0.2, 0.25) is 0 Å². The van der Waals surface area contributed by atoms with Crippen molar-refractivity contribution in [1.29, 1.82) is 0 Å². The predicted molar refractivity (Wildman–Crippen MR) is 150 cm³/mol. The highest BCUT2D eigenvalue weighted by Crippen LogP contribution is 2.45. The van der Waals surface area contributed by atoms with E-state index in [1.165, 1.54) is 16.2 Å². The number of aromatic nitrogens is 1. The molecule has 38 heavy (non-hydrogen) atoms. The molecule has 2 atom stereocenters. The number of carbonyl (C=O) groups excluding carboxylic acids is 2. The van der Waals surface area contributed by atoms with E-state index in [1.807, 2.05) is 37.3 Å². The fourth-order valence-corrected chi connectivity index (χ4v) is 6.39. The van der Waals surface area contributed by atoms with Crippen LogP contribution >= 0.6 is 22.9 Å². The number of nitrogens with zero attached hydrogens (tertiary/aromatic N) is 2. The second-order valence-electron chi connectivity index (χ2n) is 10.1. The number of hydrogen-bond donors (Lipinski definition) is 1. The Balaban J connectivity index is 1.53. The van der Waals surface area contributed by atoms with Crippen molar-refractivity contribution in [2.24, 2.45) is 0 Å². The molecular weight excluding hydrogens is 520 g/mol. The fraction of sp³-hybridized carbons (Fsp3) is 0.233. The molecule has 3 heterocycles. The van der Waals surface area contributed by atoms with E-state index in [9.17, 15) is 14.7 Å². The zero-order chi connectivity index (χ0) is 26.7. The summed E-state index contributed by atoms with van der Waals surface area (Å²) in [6.45, 7) is 6.19. The largest absolute Gasteiger partial charge is 0.507 e. The zero-order valence-electron chi connectivity index (χ0n) is 21.1. The summed E-state index contributed by atoms with van der Waals surface area (Å²) >= 11 is 7.46. The van der Waals surface area contributed by atoms with Crippen molar-refractivity contribution >= 4 is 55.7 Å². The van der Waals surface area contributed by atoms with Gasteiger partial charge in [-0.25, -0.2) is 4.98 Å². The average molecular weight is 545 g/mol. The lowest BCUT2D eigenvalue weighted by Gasteiger charge is -2.23. The van der Waals surface area contributed by atoms with Crippen molar-refractivity contribution in [2.75, 3.05) is 4.90 Å². The number of amides is 1. The number of anilines is 1. The van der Waals surface area contributed by atoms with E-state index in [0.717, 1.165) is 21.6 Å². The fourth-order valence-electron chi connectivity index (χ4n) is 5.12. The maximum atomic E-state index is 13.5. The summed E-state index contributed by atoms with van der Waals surface area (Å²) in [5.41, 5.74) is 3.99. The quantitative estimate of drug-likeness (QED) is 0.170. The van der Waals surface area contributed by atoms with Gasteiger partial charge in [0.05, 0.1) is 21.8 Å². The number of ketones is 1. The number of carbonyl (C=O) groups is 2. The summed E-state index contributed by atoms with van der Waals surface area (Å²) in [4.78, 5) is 33.1. The number of rotatable bonds is 4. The van der Waals surface area contributed by atoms with E-state index < -0.39 is 17.7 Å². The number of halogens is 1. The highest BCUT2D eigenvalue weighted by atomic mass is 35.5. The second-order valence-corrected chi connectivity index (χ2v) is 11.5. The third kappa shape index (κ3) is 4.06. The van der Waals surface area contributed by atoms with Crippen LogP contribution in [0.15, 0.2) is 66.2 Å². The van der Waals surface area contributed by atoms with Gasteiger partial charge in [-0.3, -0.25) is 14.5 Å². The molecule has 6 nitrogen and oxygen atoms in total. The topological polar surface area (TPSA) is 79.7 Å². The van der Waals surface area contributed by atoms with E-state index in [1.54, 1.807) is 30.3 Å². The van der Waals surface area contributed by atoms with Crippen molar-refractivity contribution in [1.82, 2.24) is 4.98 Å². The summed E-state index contributed by atoms with van der Waals surface area (Å²) < 4.78 is 6.60. The third-order valence-electron chi connectivity index (χ3n) is 7.08. The highest BCUT2D eigenvalue weighted by Gasteiger charge is 2.48. The molecule has 0 aliphatic carbocycles. The molecular formula is C30H25ClN2O4S. The maximum absolute atomic E-state index is 13.5. The summed E-state index contributed by atoms with van der Waals surface area (Å²) in [5, 5.41) is 12.5. The normalized spacial score (nSPS) is 20.4. The Morgan fingerprint density at radius 2 is 1.87 bits per heavy atom. The third-order valence-corrected chi connectivity index (χ3v) is 8.33. The molecule has 1 amide bonds. The van der Waals surface area contributed by atoms with Crippen LogP contribution in [-0.2, 0) is 16.0 Å². The standard InChI is InChI=1S/C30H25ClN2O4S/c1-15(2)17-4-6-18(7-5-17)26-25(27(34)19-8-11-23-20(13-19)12-16(3)37-23)28(35)29(36)33(26)30-32-22-10-9-21(31)14-24(22)38-30/h4-11,13-16,26,34H,12H2,1-3H3/b27-25+/t16-,26+/m0/s1. The molecule has 3 aromatic carbocycles. The van der Waals surface area contributed by atoms with Crippen LogP contribution in [-0.4, -0.2) is 27.9 Å². The van der Waals surface area contributed by atoms with Gasteiger partial charge < -0.3 is 9.84 Å². The van der Waals surface area contributed by atoms with Crippen molar-refractivity contribution in [3.05, 3.63) is 93.5 Å². The molecule has 2 aliphatic rings. The minimum absolute atomic E-state index is 0.0384. The Morgan fingerprint density at radius 1 is 1.11 bits per heavy atom. The van der Waals surface area contributed by atoms with Crippen LogP contribution in [0.25, 0.3) is 16.0 Å². The predicted octanol–water partition coefficient (Wildman–Crippen LogP) is 7.02. The van der Waals surface area contributed by atoms with Gasteiger partial charge in [0, 0.05) is 17.0 Å². The highest BCUT2D eigenvalue weighted by molar-refractivity contribution is 7.22. The number of ether oxygens (including phenoxy) is 1. The first kappa shape index (κ1) is 24.6. The number of aliphatic hydroxyl groups excluding tert-OH is 1. The van der Waals surface area contributed by atoms with Crippen molar-refractivity contribution in [3.8, 4) is 5.75 Å². The van der Waals surface area contributed by atoms with Crippen molar-refractivity contribution < 1.29 is 19.4 Å². The van der Waals surface area contributed by atoms with Crippen LogP contribution in [0.1, 0.15) is 55.0 Å². The van der Waals surface area contributed by atoms with E-state index in [-0.39, 0.29) is 17.4 Å². The van der Waals surface area contributed by atoms with Gasteiger partial charge in [-0.2, -0.15) is 0 Å². The summed E-state index contributed by atoms with van der Waals surface area (Å²) in [6.07, 6.45) is 0.749. The molecule has 1 fully saturated rings. The van der Waals surface area contributed by atoms with Crippen LogP contribution in [0.5, 0.6) is 5.75 Å². The second kappa shape index (κ2) is 9.26. The minimum Gasteiger partial charge on any atom is -0.507 e. The van der Waals surface area contributed by atoms with E-state index in [4.69, 9.17) is 16.3 Å². The lowest BCUT2D eigenvalue weighted by Crippen LogP contribution is -2.29. The number of hydrogen-bond acceptors (Lipinski definition) is 6. The van der Waals surface area contributed by atoms with E-state index >= 15 is 0 Å². The number of fused-ring (bicyclic) bond motifs is 2. The Labute approximate surface area is 229 Å². The molecule has 0 spiro atoms. The van der Waals surface area contributed by atoms with Gasteiger partial charge in [0.25, 0.3) is 5.78 Å². The van der Waals surface area contributed by atoms with E-state index in [0.29, 0.717) is 39.1 Å². The monoisotopic (exact) mass is 544 g/mol. The van der Waals surface area contributed by atoms with Crippen LogP contribution in [0, 0.1) is 0 Å². The number of benzene rings is 3. The molecule has 1 N–H and O–H groups in total. The first-order chi connectivity index (χ1) is 18.2. The molecule has 1 aromatic heterocycles. The molecule has 6 rings (SSSR count). The number of thiazole rings is 1. The van der Waals surface area contributed by atoms with Gasteiger partial charge in [-0.1, -0.05) is 61.1 Å². The van der Waals surface area contributed by atoms with Crippen LogP contribution < -0.4 is 9.64 Å². The summed E-state index contributed by atoms with van der Waals surface area (Å²) in [5.74, 6) is -0.602. The summed E-state index contributed by atoms with van der Waals surface area (Å²) in [6, 6.07) is 17.6. The van der Waals surface area contributed by atoms with Gasteiger partial charge in [0.15, 0.2) is 5.13 Å². The Bertz CT molecular complexity index is 1640. The minimum atomic E-state index is -0.837. The Hall–Kier alpha value is -3.68. The molecule has 0 radical (unpaired) electrons. The first-order valence-electron chi connectivity index (χ1n) is 12.5. The first-order valence-corrected chi connectivity index (χ1v) is 13.7. The average Bonchev–Trinajstić information content (AvgIpc) is 3.55. The van der Waals surface area contributed by atoms with Gasteiger partial charge in [-0.15, -0.1) is 0 Å². The Morgan fingerprint density at radius 3 is 2.61 bits per heavy atom. The van der Waals surface area contributed by atoms with E-state index in [2.05, 4.69) is 18.8 Å². The molecule has 1 saturated heterocycles. The van der Waals surface area contributed by atoms with Crippen LogP contribution in [0.2, 0.25) is 5.02 Å². The molecule has 0 saturated carbocycles. The molecule has 4 aromatic rings. The van der Waals surface area contributed by atoms with Crippen molar-refractivity contribution in [2.45, 2.75) is 45.3 Å². The molecule has 8 heteroatoms. The zero-order valence-corrected chi connectivity index (χ0v) is 22.6. The molecule has 0 unspecified atom stereocenters. The van der Waals surface area contributed by atoms with Crippen LogP contribution in [0.4, 0.5) is 5.13 Å². The number of Topliss-reactive ketones (excluding diaryl/α,β-unsaturated/α-hetero) is 1. The summed E-state index contributed by atoms with van der Waals surface area (Å²) in [7, 11) is 0. The molecule has 0 bridgehead atoms. The van der Waals surface area contributed by atoms with Crippen LogP contribution in [0.3, 0.4) is 0 Å². The SMILES string of the molecule is CC(C)c1ccc([C@@H]2/C(=C(\O)c3ccc4c(c3)C[C@H](C)O4)C(=O)C(=O)N2c2nc3ccc(Cl)cc3s2)cc1. The molecule has 2 aliphatic heterocycles. The lowest BCUT2D eigenvalue weighted by molar-refractivity contribution is -0.132. The smallest absolute Gasteiger partial charge is 0.301 e. The van der Waals surface area contributed by atoms with Gasteiger partial charge >= 0.3 is 5.91 Å². The Kier molecular flexibility index (Phi) is 6.00. The van der Waals surface area contributed by atoms with Gasteiger partial charge in [-0.05, 0) is 65.9 Å². The maximum Gasteiger partial charge on any atom is 0.301 e. The van der Waals surface area contributed by atoms with Crippen molar-refractivity contribution in [3.63, 3.8) is 0 Å². The lowest BCUT2D eigenvalue weighted by atomic mass is 9.93. The van der Waals surface area contributed by atoms with Gasteiger partial charge in [0.1, 0.15) is 17.6 Å². The number of aliphatic hydroxyl groups is 1.